The minimum atomic E-state index is -3.35. The summed E-state index contributed by atoms with van der Waals surface area (Å²) < 4.78 is 27.5. The molecule has 1 N–H and O–H groups in total. The maximum atomic E-state index is 11.7. The van der Waals surface area contributed by atoms with Crippen LogP contribution in [0.4, 0.5) is 5.82 Å². The average Bonchev–Trinajstić information content (AvgIpc) is 2.80. The SMILES string of the molecule is C=CS(=O)(=O)CCC(=O)Nc1nsc2ccccc12. The monoisotopic (exact) mass is 296 g/mol. The predicted octanol–water partition coefficient (Wildman–Crippen LogP) is 2.18. The van der Waals surface area contributed by atoms with E-state index >= 15 is 0 Å². The molecule has 0 fully saturated rings. The van der Waals surface area contributed by atoms with Crippen LogP contribution in [-0.2, 0) is 14.6 Å². The fourth-order valence-electron chi connectivity index (χ4n) is 1.49. The highest BCUT2D eigenvalue weighted by Gasteiger charge is 2.12. The fourth-order valence-corrected chi connectivity index (χ4v) is 2.86. The summed E-state index contributed by atoms with van der Waals surface area (Å²) in [7, 11) is -3.35. The van der Waals surface area contributed by atoms with Gasteiger partial charge in [-0.05, 0) is 23.7 Å². The van der Waals surface area contributed by atoms with Crippen LogP contribution in [0.25, 0.3) is 10.1 Å². The number of nitrogens with zero attached hydrogens (tertiary/aromatic N) is 1. The van der Waals surface area contributed by atoms with Crippen molar-refractivity contribution in [2.24, 2.45) is 0 Å². The van der Waals surface area contributed by atoms with E-state index in [0.717, 1.165) is 15.5 Å². The maximum Gasteiger partial charge on any atom is 0.226 e. The van der Waals surface area contributed by atoms with Gasteiger partial charge in [0, 0.05) is 17.2 Å². The van der Waals surface area contributed by atoms with Crippen molar-refractivity contribution in [2.45, 2.75) is 6.42 Å². The van der Waals surface area contributed by atoms with Crippen LogP contribution in [0.1, 0.15) is 6.42 Å². The lowest BCUT2D eigenvalue weighted by atomic mass is 10.2. The summed E-state index contributed by atoms with van der Waals surface area (Å²) in [6.45, 7) is 3.20. The van der Waals surface area contributed by atoms with Crippen LogP contribution in [0, 0.1) is 0 Å². The van der Waals surface area contributed by atoms with Crippen LogP contribution < -0.4 is 5.32 Å². The molecule has 2 rings (SSSR count). The molecule has 19 heavy (non-hydrogen) atoms. The second kappa shape index (κ2) is 5.50. The van der Waals surface area contributed by atoms with Gasteiger partial charge in [0.1, 0.15) is 0 Å². The highest BCUT2D eigenvalue weighted by atomic mass is 32.2. The summed E-state index contributed by atoms with van der Waals surface area (Å²) in [5.74, 6) is -0.146. The highest BCUT2D eigenvalue weighted by molar-refractivity contribution is 7.94. The molecule has 5 nitrogen and oxygen atoms in total. The van der Waals surface area contributed by atoms with Gasteiger partial charge in [0.2, 0.25) is 5.91 Å². The number of nitrogens with one attached hydrogen (secondary N) is 1. The van der Waals surface area contributed by atoms with Crippen molar-refractivity contribution in [1.82, 2.24) is 4.37 Å². The normalized spacial score (nSPS) is 11.4. The van der Waals surface area contributed by atoms with E-state index in [1.165, 1.54) is 11.5 Å². The maximum absolute atomic E-state index is 11.7. The molecule has 0 atom stereocenters. The summed E-state index contributed by atoms with van der Waals surface area (Å²) in [5, 5.41) is 4.34. The topological polar surface area (TPSA) is 76.1 Å². The lowest BCUT2D eigenvalue weighted by Crippen LogP contribution is -2.16. The third-order valence-corrected chi connectivity index (χ3v) is 4.61. The van der Waals surface area contributed by atoms with Gasteiger partial charge in [-0.25, -0.2) is 8.42 Å². The van der Waals surface area contributed by atoms with Gasteiger partial charge in [-0.1, -0.05) is 18.7 Å². The van der Waals surface area contributed by atoms with Gasteiger partial charge in [-0.15, -0.1) is 0 Å². The Morgan fingerprint density at radius 1 is 1.42 bits per heavy atom. The Morgan fingerprint density at radius 2 is 2.16 bits per heavy atom. The smallest absolute Gasteiger partial charge is 0.226 e. The van der Waals surface area contributed by atoms with Crippen molar-refractivity contribution < 1.29 is 13.2 Å². The summed E-state index contributed by atoms with van der Waals surface area (Å²) >= 11 is 1.28. The van der Waals surface area contributed by atoms with E-state index in [-0.39, 0.29) is 18.1 Å². The summed E-state index contributed by atoms with van der Waals surface area (Å²) in [4.78, 5) is 11.7. The molecule has 0 aliphatic rings. The first kappa shape index (κ1) is 13.7. The molecular formula is C12H12N2O3S2. The second-order valence-electron chi connectivity index (χ2n) is 3.86. The first-order valence-corrected chi connectivity index (χ1v) is 8.00. The Hall–Kier alpha value is -1.73. The number of carbonyl (C=O) groups is 1. The predicted molar refractivity (Wildman–Crippen MR) is 76.9 cm³/mol. The zero-order chi connectivity index (χ0) is 13.9. The van der Waals surface area contributed by atoms with Crippen LogP contribution >= 0.6 is 11.5 Å². The number of hydrogen-bond donors (Lipinski definition) is 1. The van der Waals surface area contributed by atoms with Crippen molar-refractivity contribution in [2.75, 3.05) is 11.1 Å². The molecule has 0 aliphatic carbocycles. The molecule has 1 aromatic carbocycles. The summed E-state index contributed by atoms with van der Waals surface area (Å²) in [5.41, 5.74) is 0. The third-order valence-electron chi connectivity index (χ3n) is 2.50. The van der Waals surface area contributed by atoms with E-state index in [2.05, 4.69) is 16.3 Å². The summed E-state index contributed by atoms with van der Waals surface area (Å²) in [6, 6.07) is 7.51. The molecule has 1 amide bonds. The number of rotatable bonds is 5. The number of hydrogen-bond acceptors (Lipinski definition) is 5. The van der Waals surface area contributed by atoms with Crippen LogP contribution in [0.5, 0.6) is 0 Å². The van der Waals surface area contributed by atoms with E-state index in [1.807, 2.05) is 24.3 Å². The standard InChI is InChI=1S/C12H12N2O3S2/c1-2-19(16,17)8-7-11(15)13-12-9-5-3-4-6-10(9)18-14-12/h2-6H,1,7-8H2,(H,13,14,15). The number of sulfone groups is 1. The first-order valence-electron chi connectivity index (χ1n) is 5.51. The molecule has 2 aromatic rings. The van der Waals surface area contributed by atoms with Crippen molar-refractivity contribution >= 4 is 43.2 Å². The molecule has 1 heterocycles. The van der Waals surface area contributed by atoms with Crippen molar-refractivity contribution in [3.05, 3.63) is 36.3 Å². The number of carbonyl (C=O) groups excluding carboxylic acids is 1. The van der Waals surface area contributed by atoms with Gasteiger partial charge < -0.3 is 5.32 Å². The minimum Gasteiger partial charge on any atom is -0.309 e. The third kappa shape index (κ3) is 3.39. The summed E-state index contributed by atoms with van der Waals surface area (Å²) in [6.07, 6.45) is -0.111. The Kier molecular flexibility index (Phi) is 3.96. The minimum absolute atomic E-state index is 0.111. The molecule has 0 bridgehead atoms. The number of benzene rings is 1. The Morgan fingerprint density at radius 3 is 2.89 bits per heavy atom. The van der Waals surface area contributed by atoms with E-state index in [0.29, 0.717) is 5.82 Å². The number of amides is 1. The van der Waals surface area contributed by atoms with Gasteiger partial charge in [0.15, 0.2) is 15.7 Å². The van der Waals surface area contributed by atoms with E-state index in [4.69, 9.17) is 0 Å². The molecule has 0 unspecified atom stereocenters. The lowest BCUT2D eigenvalue weighted by Gasteiger charge is -2.02. The van der Waals surface area contributed by atoms with Gasteiger partial charge in [-0.3, -0.25) is 4.79 Å². The van der Waals surface area contributed by atoms with Gasteiger partial charge in [-0.2, -0.15) is 4.37 Å². The first-order chi connectivity index (χ1) is 9.02. The van der Waals surface area contributed by atoms with E-state index in [9.17, 15) is 13.2 Å². The van der Waals surface area contributed by atoms with Crippen LogP contribution in [0.3, 0.4) is 0 Å². The molecule has 100 valence electrons. The zero-order valence-corrected chi connectivity index (χ0v) is 11.6. The Labute approximate surface area is 115 Å². The van der Waals surface area contributed by atoms with Crippen LogP contribution in [0.2, 0.25) is 0 Å². The van der Waals surface area contributed by atoms with Gasteiger partial charge in [0.05, 0.1) is 10.5 Å². The lowest BCUT2D eigenvalue weighted by molar-refractivity contribution is -0.115. The Bertz CT molecular complexity index is 719. The quantitative estimate of drug-likeness (QED) is 0.917. The highest BCUT2D eigenvalue weighted by Crippen LogP contribution is 2.26. The molecule has 0 saturated carbocycles. The second-order valence-corrected chi connectivity index (χ2v) is 6.73. The fraction of sp³-hybridized carbons (Fsp3) is 0.167. The molecule has 0 spiro atoms. The van der Waals surface area contributed by atoms with Crippen LogP contribution in [0.15, 0.2) is 36.3 Å². The van der Waals surface area contributed by atoms with E-state index < -0.39 is 9.84 Å². The molecule has 0 radical (unpaired) electrons. The largest absolute Gasteiger partial charge is 0.309 e. The van der Waals surface area contributed by atoms with Crippen molar-refractivity contribution in [1.29, 1.82) is 0 Å². The molecule has 0 aliphatic heterocycles. The number of fused-ring (bicyclic) bond motifs is 1. The Balaban J connectivity index is 2.05. The zero-order valence-electron chi connectivity index (χ0n) is 10.00. The molecule has 1 aromatic heterocycles. The molecule has 0 saturated heterocycles. The number of anilines is 1. The van der Waals surface area contributed by atoms with E-state index in [1.54, 1.807) is 0 Å². The van der Waals surface area contributed by atoms with Gasteiger partial charge in [0.25, 0.3) is 0 Å². The average molecular weight is 296 g/mol. The molecular weight excluding hydrogens is 284 g/mol. The van der Waals surface area contributed by atoms with Crippen molar-refractivity contribution in [3.8, 4) is 0 Å². The van der Waals surface area contributed by atoms with Crippen molar-refractivity contribution in [3.63, 3.8) is 0 Å². The van der Waals surface area contributed by atoms with Gasteiger partial charge >= 0.3 is 0 Å². The number of aromatic nitrogens is 1. The van der Waals surface area contributed by atoms with Crippen LogP contribution in [-0.4, -0.2) is 24.5 Å². The molecule has 7 heteroatoms.